The quantitative estimate of drug-likeness (QED) is 0.942. The van der Waals surface area contributed by atoms with Crippen LogP contribution in [0, 0.1) is 0 Å². The van der Waals surface area contributed by atoms with E-state index in [1.165, 1.54) is 0 Å². The maximum absolute atomic E-state index is 12.6. The number of aromatic nitrogens is 1. The van der Waals surface area contributed by atoms with E-state index in [1.807, 2.05) is 35.2 Å². The molecule has 2 heterocycles. The van der Waals surface area contributed by atoms with Crippen molar-refractivity contribution in [1.82, 2.24) is 9.88 Å². The lowest BCUT2D eigenvalue weighted by Crippen LogP contribution is -2.32. The van der Waals surface area contributed by atoms with Crippen LogP contribution in [-0.4, -0.2) is 34.8 Å². The number of hydrogen-bond donors (Lipinski definition) is 1. The topological polar surface area (TPSA) is 62.3 Å². The maximum atomic E-state index is 12.6. The Hall–Kier alpha value is -2.69. The maximum Gasteiger partial charge on any atom is 0.274 e. The summed E-state index contributed by atoms with van der Waals surface area (Å²) in [6.45, 7) is 1.53. The number of pyridine rings is 1. The molecule has 2 aromatic rings. The Balaban J connectivity index is 1.73. The van der Waals surface area contributed by atoms with Crippen molar-refractivity contribution in [3.8, 4) is 0 Å². The summed E-state index contributed by atoms with van der Waals surface area (Å²) in [6.07, 6.45) is 4.38. The highest BCUT2D eigenvalue weighted by Crippen LogP contribution is 2.13. The number of nitrogens with one attached hydrogen (secondary N) is 1. The number of likely N-dealkylation sites (tertiary alicyclic amines) is 1. The predicted octanol–water partition coefficient (Wildman–Crippen LogP) is 3.35. The molecular weight excluding hydrogens is 302 g/mol. The summed E-state index contributed by atoms with van der Waals surface area (Å²) in [7, 11) is 0. The highest BCUT2D eigenvalue weighted by atomic mass is 16.2. The van der Waals surface area contributed by atoms with Crippen LogP contribution in [0.4, 0.5) is 5.69 Å². The van der Waals surface area contributed by atoms with Crippen LogP contribution in [0.1, 0.15) is 46.7 Å². The second kappa shape index (κ2) is 7.73. The van der Waals surface area contributed by atoms with Gasteiger partial charge in [0.15, 0.2) is 0 Å². The highest BCUT2D eigenvalue weighted by Gasteiger charge is 2.19. The molecule has 2 amide bonds. The minimum atomic E-state index is -0.313. The third kappa shape index (κ3) is 3.98. The molecule has 1 fully saturated rings. The van der Waals surface area contributed by atoms with Gasteiger partial charge in [-0.15, -0.1) is 0 Å². The number of rotatable bonds is 3. The fraction of sp³-hybridized carbons (Fsp3) is 0.316. The van der Waals surface area contributed by atoms with E-state index >= 15 is 0 Å². The smallest absolute Gasteiger partial charge is 0.274 e. The summed E-state index contributed by atoms with van der Waals surface area (Å²) in [6, 6.07) is 14.2. The fourth-order valence-corrected chi connectivity index (χ4v) is 2.83. The summed E-state index contributed by atoms with van der Waals surface area (Å²) in [4.78, 5) is 31.1. The molecule has 1 aliphatic rings. The number of para-hydroxylation sites is 1. The van der Waals surface area contributed by atoms with Crippen LogP contribution < -0.4 is 5.32 Å². The highest BCUT2D eigenvalue weighted by molar-refractivity contribution is 6.03. The lowest BCUT2D eigenvalue weighted by atomic mass is 10.2. The van der Waals surface area contributed by atoms with Crippen molar-refractivity contribution in [2.45, 2.75) is 25.7 Å². The van der Waals surface area contributed by atoms with E-state index in [-0.39, 0.29) is 17.5 Å². The van der Waals surface area contributed by atoms with Crippen molar-refractivity contribution in [3.63, 3.8) is 0 Å². The molecule has 0 saturated carbocycles. The van der Waals surface area contributed by atoms with E-state index in [1.54, 1.807) is 18.2 Å². The Morgan fingerprint density at radius 3 is 2.21 bits per heavy atom. The molecule has 3 rings (SSSR count). The van der Waals surface area contributed by atoms with Crippen LogP contribution in [0.3, 0.4) is 0 Å². The van der Waals surface area contributed by atoms with Gasteiger partial charge in [0.25, 0.3) is 11.8 Å². The zero-order valence-corrected chi connectivity index (χ0v) is 13.6. The lowest BCUT2D eigenvalue weighted by molar-refractivity contribution is 0.0755. The minimum absolute atomic E-state index is 0.0914. The molecule has 0 radical (unpaired) electrons. The largest absolute Gasteiger partial charge is 0.337 e. The van der Waals surface area contributed by atoms with E-state index in [4.69, 9.17) is 0 Å². The number of nitrogens with zero attached hydrogens (tertiary/aromatic N) is 2. The molecular formula is C19H21N3O2. The van der Waals surface area contributed by atoms with Crippen molar-refractivity contribution >= 4 is 17.5 Å². The molecule has 1 aromatic carbocycles. The molecule has 124 valence electrons. The molecule has 1 aromatic heterocycles. The lowest BCUT2D eigenvalue weighted by Gasteiger charge is -2.19. The van der Waals surface area contributed by atoms with Gasteiger partial charge < -0.3 is 10.2 Å². The number of anilines is 1. The molecule has 1 saturated heterocycles. The number of hydrogen-bond acceptors (Lipinski definition) is 3. The van der Waals surface area contributed by atoms with Gasteiger partial charge >= 0.3 is 0 Å². The van der Waals surface area contributed by atoms with Crippen LogP contribution in [0.15, 0.2) is 48.5 Å². The molecule has 0 aliphatic carbocycles. The average Bonchev–Trinajstić information content (AvgIpc) is 2.91. The molecule has 1 aliphatic heterocycles. The van der Waals surface area contributed by atoms with E-state index < -0.39 is 0 Å². The van der Waals surface area contributed by atoms with Gasteiger partial charge in [-0.05, 0) is 37.1 Å². The Kier molecular flexibility index (Phi) is 5.21. The third-order valence-corrected chi connectivity index (χ3v) is 4.13. The molecule has 1 N–H and O–H groups in total. The SMILES string of the molecule is O=C(Nc1ccccc1)c1cccc(C(=O)N2CCCCCC2)n1. The third-order valence-electron chi connectivity index (χ3n) is 4.13. The van der Waals surface area contributed by atoms with E-state index in [0.29, 0.717) is 11.4 Å². The van der Waals surface area contributed by atoms with Gasteiger partial charge in [0.05, 0.1) is 0 Å². The first-order valence-electron chi connectivity index (χ1n) is 8.37. The number of carbonyl (C=O) groups excluding carboxylic acids is 2. The fourth-order valence-electron chi connectivity index (χ4n) is 2.83. The molecule has 0 bridgehead atoms. The standard InChI is InChI=1S/C19H21N3O2/c23-18(20-15-9-4-3-5-10-15)16-11-8-12-17(21-16)19(24)22-13-6-1-2-7-14-22/h3-5,8-12H,1-2,6-7,13-14H2,(H,20,23). The molecule has 0 spiro atoms. The number of carbonyl (C=O) groups is 2. The van der Waals surface area contributed by atoms with Gasteiger partial charge in [-0.2, -0.15) is 0 Å². The summed E-state index contributed by atoms with van der Waals surface area (Å²) in [5, 5.41) is 2.79. The molecule has 24 heavy (non-hydrogen) atoms. The molecule has 5 nitrogen and oxygen atoms in total. The van der Waals surface area contributed by atoms with Crippen molar-refractivity contribution in [3.05, 3.63) is 59.9 Å². The normalized spacial score (nSPS) is 14.8. The van der Waals surface area contributed by atoms with E-state index in [9.17, 15) is 9.59 Å². The van der Waals surface area contributed by atoms with Gasteiger partial charge in [-0.1, -0.05) is 37.1 Å². The van der Waals surface area contributed by atoms with Crippen LogP contribution in [0.2, 0.25) is 0 Å². The minimum Gasteiger partial charge on any atom is -0.337 e. The number of amides is 2. The van der Waals surface area contributed by atoms with Crippen molar-refractivity contribution in [2.24, 2.45) is 0 Å². The van der Waals surface area contributed by atoms with Gasteiger partial charge in [0.1, 0.15) is 11.4 Å². The van der Waals surface area contributed by atoms with E-state index in [0.717, 1.165) is 38.8 Å². The predicted molar refractivity (Wildman–Crippen MR) is 93.0 cm³/mol. The Labute approximate surface area is 141 Å². The second-order valence-electron chi connectivity index (χ2n) is 5.93. The van der Waals surface area contributed by atoms with Gasteiger partial charge in [-0.3, -0.25) is 9.59 Å². The molecule has 0 unspecified atom stereocenters. The summed E-state index contributed by atoms with van der Waals surface area (Å²) < 4.78 is 0. The zero-order chi connectivity index (χ0) is 16.8. The zero-order valence-electron chi connectivity index (χ0n) is 13.6. The summed E-state index contributed by atoms with van der Waals surface area (Å²) in [5.74, 6) is -0.405. The first kappa shape index (κ1) is 16.2. The molecule has 0 atom stereocenters. The average molecular weight is 323 g/mol. The van der Waals surface area contributed by atoms with Gasteiger partial charge in [0.2, 0.25) is 0 Å². The summed E-state index contributed by atoms with van der Waals surface area (Å²) in [5.41, 5.74) is 1.28. The molecule has 5 heteroatoms. The van der Waals surface area contributed by atoms with Crippen LogP contribution in [0.25, 0.3) is 0 Å². The Morgan fingerprint density at radius 1 is 0.833 bits per heavy atom. The van der Waals surface area contributed by atoms with Gasteiger partial charge in [-0.25, -0.2) is 4.98 Å². The Bertz CT molecular complexity index is 708. The van der Waals surface area contributed by atoms with Gasteiger partial charge in [0, 0.05) is 18.8 Å². The first-order chi connectivity index (χ1) is 11.7. The van der Waals surface area contributed by atoms with Crippen LogP contribution in [0.5, 0.6) is 0 Å². The van der Waals surface area contributed by atoms with Crippen molar-refractivity contribution < 1.29 is 9.59 Å². The second-order valence-corrected chi connectivity index (χ2v) is 5.93. The monoisotopic (exact) mass is 323 g/mol. The summed E-state index contributed by atoms with van der Waals surface area (Å²) >= 11 is 0. The van der Waals surface area contributed by atoms with Crippen molar-refractivity contribution in [1.29, 1.82) is 0 Å². The first-order valence-corrected chi connectivity index (χ1v) is 8.37. The number of benzene rings is 1. The Morgan fingerprint density at radius 2 is 1.50 bits per heavy atom. The van der Waals surface area contributed by atoms with E-state index in [2.05, 4.69) is 10.3 Å². The van der Waals surface area contributed by atoms with Crippen molar-refractivity contribution in [2.75, 3.05) is 18.4 Å². The van der Waals surface area contributed by atoms with Crippen LogP contribution in [-0.2, 0) is 0 Å². The van der Waals surface area contributed by atoms with Crippen LogP contribution >= 0.6 is 0 Å².